The first-order valence-corrected chi connectivity index (χ1v) is 6.98. The number of halogens is 1. The maximum atomic E-state index is 6.16. The van der Waals surface area contributed by atoms with Crippen LogP contribution in [-0.4, -0.2) is 18.1 Å². The van der Waals surface area contributed by atoms with Gasteiger partial charge < -0.3 is 11.1 Å². The third kappa shape index (κ3) is 3.17. The summed E-state index contributed by atoms with van der Waals surface area (Å²) in [4.78, 5) is 4.33. The smallest absolute Gasteiger partial charge is 0.0908 e. The maximum Gasteiger partial charge on any atom is 0.0908 e. The molecule has 1 aromatic carbocycles. The average Bonchev–Trinajstić information content (AvgIpc) is 2.42. The molecular weight excluding hydrogens is 258 g/mol. The van der Waals surface area contributed by atoms with Crippen LogP contribution < -0.4 is 11.1 Å². The summed E-state index contributed by atoms with van der Waals surface area (Å²) in [6.07, 6.45) is 1.76. The molecule has 0 fully saturated rings. The van der Waals surface area contributed by atoms with Gasteiger partial charge in [0, 0.05) is 23.8 Å². The highest BCUT2D eigenvalue weighted by molar-refractivity contribution is 6.35. The lowest BCUT2D eigenvalue weighted by Gasteiger charge is -2.20. The molecule has 0 saturated heterocycles. The maximum absolute atomic E-state index is 6.16. The summed E-state index contributed by atoms with van der Waals surface area (Å²) in [5.74, 6) is 1.02. The highest BCUT2D eigenvalue weighted by atomic mass is 35.5. The molecule has 3 nitrogen and oxygen atoms in total. The molecule has 0 spiro atoms. The number of pyridine rings is 1. The number of nitrogens with one attached hydrogen (secondary N) is 1. The Hall–Kier alpha value is -1.32. The lowest BCUT2D eigenvalue weighted by Crippen LogP contribution is -2.27. The largest absolute Gasteiger partial charge is 0.384 e. The Balaban J connectivity index is 2.24. The minimum Gasteiger partial charge on any atom is -0.384 e. The van der Waals surface area contributed by atoms with Crippen molar-refractivity contribution < 1.29 is 0 Å². The van der Waals surface area contributed by atoms with Crippen molar-refractivity contribution in [2.24, 2.45) is 17.6 Å². The zero-order chi connectivity index (χ0) is 13.8. The van der Waals surface area contributed by atoms with E-state index in [-0.39, 0.29) is 0 Å². The summed E-state index contributed by atoms with van der Waals surface area (Å²) < 4.78 is 0. The zero-order valence-corrected chi connectivity index (χ0v) is 12.1. The molecule has 0 aliphatic carbocycles. The van der Waals surface area contributed by atoms with Gasteiger partial charge in [-0.1, -0.05) is 25.4 Å². The number of fused-ring (bicyclic) bond motifs is 1. The molecule has 0 bridgehead atoms. The Bertz CT molecular complexity index is 554. The summed E-state index contributed by atoms with van der Waals surface area (Å²) >= 11 is 6.16. The molecule has 1 aromatic heterocycles. The second-order valence-corrected chi connectivity index (χ2v) is 5.52. The van der Waals surface area contributed by atoms with Crippen LogP contribution in [0.4, 0.5) is 5.69 Å². The van der Waals surface area contributed by atoms with Crippen LogP contribution in [0.2, 0.25) is 5.02 Å². The molecule has 0 aliphatic rings. The topological polar surface area (TPSA) is 50.9 Å². The monoisotopic (exact) mass is 277 g/mol. The molecule has 0 radical (unpaired) electrons. The van der Waals surface area contributed by atoms with E-state index in [0.29, 0.717) is 23.4 Å². The predicted octanol–water partition coefficient (Wildman–Crippen LogP) is 3.53. The van der Waals surface area contributed by atoms with Gasteiger partial charge in [-0.2, -0.15) is 0 Å². The number of nitrogens with two attached hydrogens (primary N) is 1. The Labute approximate surface area is 119 Å². The molecule has 0 aliphatic heterocycles. The Morgan fingerprint density at radius 3 is 2.79 bits per heavy atom. The van der Waals surface area contributed by atoms with Crippen LogP contribution in [0.3, 0.4) is 0 Å². The minimum atomic E-state index is 0.461. The van der Waals surface area contributed by atoms with Crippen molar-refractivity contribution in [1.29, 1.82) is 0 Å². The van der Waals surface area contributed by atoms with Crippen molar-refractivity contribution in [2.45, 2.75) is 13.8 Å². The van der Waals surface area contributed by atoms with Gasteiger partial charge in [-0.05, 0) is 42.6 Å². The van der Waals surface area contributed by atoms with Crippen molar-refractivity contribution in [1.82, 2.24) is 4.98 Å². The molecule has 1 unspecified atom stereocenters. The van der Waals surface area contributed by atoms with Crippen LogP contribution in [-0.2, 0) is 0 Å². The van der Waals surface area contributed by atoms with E-state index >= 15 is 0 Å². The number of benzene rings is 1. The Morgan fingerprint density at radius 2 is 2.11 bits per heavy atom. The van der Waals surface area contributed by atoms with Crippen molar-refractivity contribution in [3.63, 3.8) is 0 Å². The predicted molar refractivity (Wildman–Crippen MR) is 82.6 cm³/mol. The van der Waals surface area contributed by atoms with Gasteiger partial charge in [0.1, 0.15) is 0 Å². The van der Waals surface area contributed by atoms with Gasteiger partial charge >= 0.3 is 0 Å². The van der Waals surface area contributed by atoms with Crippen LogP contribution in [0.5, 0.6) is 0 Å². The lowest BCUT2D eigenvalue weighted by molar-refractivity contribution is 0.413. The van der Waals surface area contributed by atoms with E-state index < -0.39 is 0 Å². The van der Waals surface area contributed by atoms with Crippen LogP contribution in [0.25, 0.3) is 10.9 Å². The Kier molecular flexibility index (Phi) is 4.61. The molecule has 3 N–H and O–H groups in total. The fourth-order valence-electron chi connectivity index (χ4n) is 2.12. The van der Waals surface area contributed by atoms with Gasteiger partial charge in [0.15, 0.2) is 0 Å². The van der Waals surface area contributed by atoms with Gasteiger partial charge in [-0.3, -0.25) is 4.98 Å². The highest BCUT2D eigenvalue weighted by Gasteiger charge is 2.12. The summed E-state index contributed by atoms with van der Waals surface area (Å²) in [7, 11) is 0. The molecule has 4 heteroatoms. The van der Waals surface area contributed by atoms with Gasteiger partial charge in [0.05, 0.1) is 10.5 Å². The van der Waals surface area contributed by atoms with Gasteiger partial charge in [0.2, 0.25) is 0 Å². The van der Waals surface area contributed by atoms with E-state index in [9.17, 15) is 0 Å². The van der Waals surface area contributed by atoms with E-state index in [1.807, 2.05) is 24.3 Å². The minimum absolute atomic E-state index is 0.461. The first-order valence-electron chi connectivity index (χ1n) is 6.60. The quantitative estimate of drug-likeness (QED) is 0.879. The van der Waals surface area contributed by atoms with E-state index in [4.69, 9.17) is 17.3 Å². The van der Waals surface area contributed by atoms with Gasteiger partial charge in [-0.25, -0.2) is 0 Å². The molecule has 1 atom stereocenters. The lowest BCUT2D eigenvalue weighted by atomic mass is 9.96. The number of rotatable bonds is 5. The first kappa shape index (κ1) is 14.1. The molecule has 19 heavy (non-hydrogen) atoms. The van der Waals surface area contributed by atoms with Crippen LogP contribution in [0.15, 0.2) is 30.5 Å². The Morgan fingerprint density at radius 1 is 1.32 bits per heavy atom. The average molecular weight is 278 g/mol. The van der Waals surface area contributed by atoms with E-state index in [1.54, 1.807) is 6.20 Å². The zero-order valence-electron chi connectivity index (χ0n) is 11.4. The molecule has 102 valence electrons. The van der Waals surface area contributed by atoms with Crippen molar-refractivity contribution in [3.8, 4) is 0 Å². The first-order chi connectivity index (χ1) is 9.13. The molecule has 0 saturated carbocycles. The van der Waals surface area contributed by atoms with Crippen molar-refractivity contribution in [3.05, 3.63) is 35.5 Å². The highest BCUT2D eigenvalue weighted by Crippen LogP contribution is 2.28. The molecular formula is C15H20ClN3. The van der Waals surface area contributed by atoms with Gasteiger partial charge in [-0.15, -0.1) is 0 Å². The molecule has 2 aromatic rings. The molecule has 1 heterocycles. The molecule has 2 rings (SSSR count). The van der Waals surface area contributed by atoms with E-state index in [0.717, 1.165) is 23.1 Å². The third-order valence-corrected chi connectivity index (χ3v) is 3.83. The summed E-state index contributed by atoms with van der Waals surface area (Å²) in [6.45, 7) is 5.94. The van der Waals surface area contributed by atoms with E-state index in [2.05, 4.69) is 24.1 Å². The fourth-order valence-corrected chi connectivity index (χ4v) is 2.34. The van der Waals surface area contributed by atoms with Crippen LogP contribution in [0, 0.1) is 11.8 Å². The molecule has 0 amide bonds. The second kappa shape index (κ2) is 6.22. The number of nitrogens with zero attached hydrogens (tertiary/aromatic N) is 1. The van der Waals surface area contributed by atoms with Crippen molar-refractivity contribution in [2.75, 3.05) is 18.4 Å². The number of anilines is 1. The number of hydrogen-bond donors (Lipinski definition) is 2. The number of aromatic nitrogens is 1. The third-order valence-electron chi connectivity index (χ3n) is 3.52. The SMILES string of the molecule is CC(C)C(CN)CNc1ccc(Cl)c2ncccc12. The van der Waals surface area contributed by atoms with E-state index in [1.165, 1.54) is 0 Å². The summed E-state index contributed by atoms with van der Waals surface area (Å²) in [5, 5.41) is 5.20. The fraction of sp³-hybridized carbons (Fsp3) is 0.400. The van der Waals surface area contributed by atoms with Gasteiger partial charge in [0.25, 0.3) is 0 Å². The normalized spacial score (nSPS) is 12.9. The van der Waals surface area contributed by atoms with Crippen LogP contribution in [0.1, 0.15) is 13.8 Å². The number of hydrogen-bond acceptors (Lipinski definition) is 3. The standard InChI is InChI=1S/C15H20ClN3/c1-10(2)11(8-17)9-19-14-6-5-13(16)15-12(14)4-3-7-18-15/h3-7,10-11,19H,8-9,17H2,1-2H3. The van der Waals surface area contributed by atoms with Crippen LogP contribution >= 0.6 is 11.6 Å². The van der Waals surface area contributed by atoms with Crippen molar-refractivity contribution >= 4 is 28.2 Å². The second-order valence-electron chi connectivity index (χ2n) is 5.12. The summed E-state index contributed by atoms with van der Waals surface area (Å²) in [6, 6.07) is 7.84. The summed E-state index contributed by atoms with van der Waals surface area (Å²) in [5.41, 5.74) is 7.70.